The normalized spacial score (nSPS) is 18.6. The van der Waals surface area contributed by atoms with Crippen molar-refractivity contribution in [3.63, 3.8) is 0 Å². The summed E-state index contributed by atoms with van der Waals surface area (Å²) >= 11 is 0. The number of nitrogens with zero attached hydrogens (tertiary/aromatic N) is 1. The van der Waals surface area contributed by atoms with Gasteiger partial charge >= 0.3 is 0 Å². The molecule has 156 valence electrons. The first-order valence-corrected chi connectivity index (χ1v) is 11.4. The summed E-state index contributed by atoms with van der Waals surface area (Å²) in [5.74, 6) is 0.470. The van der Waals surface area contributed by atoms with Crippen LogP contribution in [0.25, 0.3) is 0 Å². The Morgan fingerprint density at radius 1 is 1.10 bits per heavy atom. The van der Waals surface area contributed by atoms with Gasteiger partial charge in [-0.1, -0.05) is 30.3 Å². The largest absolute Gasteiger partial charge is 0.491 e. The van der Waals surface area contributed by atoms with Crippen LogP contribution in [0.1, 0.15) is 45.2 Å². The third-order valence-electron chi connectivity index (χ3n) is 4.94. The lowest BCUT2D eigenvalue weighted by Gasteiger charge is -2.25. The van der Waals surface area contributed by atoms with E-state index in [9.17, 15) is 13.2 Å². The van der Waals surface area contributed by atoms with E-state index in [1.54, 1.807) is 30.3 Å². The van der Waals surface area contributed by atoms with Crippen LogP contribution in [0.15, 0.2) is 59.5 Å². The second kappa shape index (κ2) is 8.97. The van der Waals surface area contributed by atoms with Crippen LogP contribution in [0.4, 0.5) is 0 Å². The first-order valence-electron chi connectivity index (χ1n) is 9.93. The van der Waals surface area contributed by atoms with Gasteiger partial charge in [0.25, 0.3) is 0 Å². The number of hydrogen-bond acceptors (Lipinski definition) is 4. The molecule has 2 unspecified atom stereocenters. The molecule has 2 aromatic carbocycles. The zero-order valence-electron chi connectivity index (χ0n) is 17.0. The van der Waals surface area contributed by atoms with Gasteiger partial charge in [-0.2, -0.15) is 4.31 Å². The second-order valence-corrected chi connectivity index (χ2v) is 9.45. The number of rotatable bonds is 7. The summed E-state index contributed by atoms with van der Waals surface area (Å²) in [5, 5.41) is 2.97. The summed E-state index contributed by atoms with van der Waals surface area (Å²) in [6.45, 7) is 6.15. The van der Waals surface area contributed by atoms with E-state index in [-0.39, 0.29) is 22.9 Å². The smallest absolute Gasteiger partial charge is 0.243 e. The molecule has 2 aromatic rings. The van der Waals surface area contributed by atoms with E-state index in [1.807, 2.05) is 45.0 Å². The van der Waals surface area contributed by atoms with E-state index >= 15 is 0 Å². The maximum absolute atomic E-state index is 13.0. The average molecular weight is 417 g/mol. The van der Waals surface area contributed by atoms with Crippen molar-refractivity contribution >= 4 is 15.9 Å². The van der Waals surface area contributed by atoms with Gasteiger partial charge in [0, 0.05) is 6.54 Å². The number of nitrogens with one attached hydrogen (secondary N) is 1. The molecule has 0 aromatic heterocycles. The highest BCUT2D eigenvalue weighted by atomic mass is 32.2. The number of sulfonamides is 1. The average Bonchev–Trinajstić information content (AvgIpc) is 3.19. The molecule has 1 saturated heterocycles. The molecule has 0 aliphatic carbocycles. The molecule has 1 N–H and O–H groups in total. The first-order chi connectivity index (χ1) is 13.8. The number of carbonyl (C=O) groups is 1. The van der Waals surface area contributed by atoms with E-state index < -0.39 is 16.1 Å². The van der Waals surface area contributed by atoms with Crippen LogP contribution >= 0.6 is 0 Å². The quantitative estimate of drug-likeness (QED) is 0.750. The van der Waals surface area contributed by atoms with Crippen LogP contribution < -0.4 is 10.1 Å². The van der Waals surface area contributed by atoms with Gasteiger partial charge < -0.3 is 10.1 Å². The fourth-order valence-corrected chi connectivity index (χ4v) is 5.22. The molecule has 0 radical (unpaired) electrons. The van der Waals surface area contributed by atoms with Crippen molar-refractivity contribution in [2.75, 3.05) is 6.54 Å². The zero-order valence-corrected chi connectivity index (χ0v) is 17.9. The molecule has 1 aliphatic heterocycles. The minimum absolute atomic E-state index is 0.0605. The van der Waals surface area contributed by atoms with Crippen LogP contribution in [0.3, 0.4) is 0 Å². The number of benzene rings is 2. The molecule has 1 amide bonds. The highest BCUT2D eigenvalue weighted by molar-refractivity contribution is 7.89. The molecule has 29 heavy (non-hydrogen) atoms. The number of carbonyl (C=O) groups excluding carboxylic acids is 1. The fraction of sp³-hybridized carbons (Fsp3) is 0.409. The van der Waals surface area contributed by atoms with Crippen molar-refractivity contribution in [2.24, 2.45) is 0 Å². The molecule has 0 spiro atoms. The lowest BCUT2D eigenvalue weighted by molar-refractivity contribution is -0.124. The predicted octanol–water partition coefficient (Wildman–Crippen LogP) is 3.50. The van der Waals surface area contributed by atoms with E-state index in [0.29, 0.717) is 19.4 Å². The van der Waals surface area contributed by atoms with Crippen LogP contribution in [0.2, 0.25) is 0 Å². The molecule has 1 fully saturated rings. The highest BCUT2D eigenvalue weighted by Crippen LogP contribution is 2.27. The Kier molecular flexibility index (Phi) is 6.59. The van der Waals surface area contributed by atoms with Crippen LogP contribution in [0, 0.1) is 0 Å². The zero-order chi connectivity index (χ0) is 21.0. The Balaban J connectivity index is 1.73. The van der Waals surface area contributed by atoms with Gasteiger partial charge in [0.05, 0.1) is 17.0 Å². The molecular weight excluding hydrogens is 388 g/mol. The van der Waals surface area contributed by atoms with E-state index in [0.717, 1.165) is 11.3 Å². The molecule has 0 bridgehead atoms. The van der Waals surface area contributed by atoms with Crippen molar-refractivity contribution in [3.05, 3.63) is 60.2 Å². The first kappa shape index (κ1) is 21.3. The van der Waals surface area contributed by atoms with Crippen molar-refractivity contribution in [3.8, 4) is 5.75 Å². The van der Waals surface area contributed by atoms with Gasteiger partial charge in [-0.05, 0) is 63.4 Å². The standard InChI is InChI=1S/C22H28N2O4S/c1-16(2)28-19-10-7-9-18(15-19)17(3)23-22(25)21-13-8-14-24(21)29(26,27)20-11-5-4-6-12-20/h4-7,9-12,15-17,21H,8,13-14H2,1-3H3,(H,23,25). The summed E-state index contributed by atoms with van der Waals surface area (Å²) < 4.78 is 33.0. The van der Waals surface area contributed by atoms with Gasteiger partial charge in [-0.15, -0.1) is 0 Å². The number of ether oxygens (including phenoxy) is 1. The topological polar surface area (TPSA) is 75.7 Å². The molecule has 2 atom stereocenters. The summed E-state index contributed by atoms with van der Waals surface area (Å²) in [4.78, 5) is 13.1. The van der Waals surface area contributed by atoms with Gasteiger partial charge in [-0.3, -0.25) is 4.79 Å². The molecule has 7 heteroatoms. The number of hydrogen-bond donors (Lipinski definition) is 1. The molecule has 1 aliphatic rings. The third-order valence-corrected chi connectivity index (χ3v) is 6.87. The lowest BCUT2D eigenvalue weighted by atomic mass is 10.1. The molecule has 3 rings (SSSR count). The summed E-state index contributed by atoms with van der Waals surface area (Å²) in [7, 11) is -3.70. The fourth-order valence-electron chi connectivity index (χ4n) is 3.54. The Morgan fingerprint density at radius 2 is 1.83 bits per heavy atom. The summed E-state index contributed by atoms with van der Waals surface area (Å²) in [6.07, 6.45) is 1.24. The van der Waals surface area contributed by atoms with Crippen LogP contribution in [-0.2, 0) is 14.8 Å². The van der Waals surface area contributed by atoms with Crippen LogP contribution in [0.5, 0.6) is 5.75 Å². The van der Waals surface area contributed by atoms with Gasteiger partial charge in [0.1, 0.15) is 11.8 Å². The van der Waals surface area contributed by atoms with Crippen molar-refractivity contribution in [2.45, 2.75) is 56.7 Å². The van der Waals surface area contributed by atoms with E-state index in [2.05, 4.69) is 5.32 Å². The molecule has 1 heterocycles. The van der Waals surface area contributed by atoms with Crippen LogP contribution in [-0.4, -0.2) is 37.3 Å². The second-order valence-electron chi connectivity index (χ2n) is 7.56. The maximum atomic E-state index is 13.0. The maximum Gasteiger partial charge on any atom is 0.243 e. The molecule has 6 nitrogen and oxygen atoms in total. The van der Waals surface area contributed by atoms with Gasteiger partial charge in [-0.25, -0.2) is 8.42 Å². The lowest BCUT2D eigenvalue weighted by Crippen LogP contribution is -2.46. The predicted molar refractivity (Wildman–Crippen MR) is 112 cm³/mol. The number of amides is 1. The monoisotopic (exact) mass is 416 g/mol. The van der Waals surface area contributed by atoms with E-state index in [4.69, 9.17) is 4.74 Å². The summed E-state index contributed by atoms with van der Waals surface area (Å²) in [5.41, 5.74) is 0.909. The van der Waals surface area contributed by atoms with Crippen molar-refractivity contribution in [1.82, 2.24) is 9.62 Å². The third kappa shape index (κ3) is 4.97. The molecule has 0 saturated carbocycles. The van der Waals surface area contributed by atoms with E-state index in [1.165, 1.54) is 4.31 Å². The van der Waals surface area contributed by atoms with Crippen molar-refractivity contribution < 1.29 is 17.9 Å². The minimum Gasteiger partial charge on any atom is -0.491 e. The Morgan fingerprint density at radius 3 is 2.52 bits per heavy atom. The Labute approximate surface area is 172 Å². The highest BCUT2D eigenvalue weighted by Gasteiger charge is 2.39. The minimum atomic E-state index is -3.70. The van der Waals surface area contributed by atoms with Gasteiger partial charge in [0.15, 0.2) is 0 Å². The van der Waals surface area contributed by atoms with Gasteiger partial charge in [0.2, 0.25) is 15.9 Å². The van der Waals surface area contributed by atoms with Crippen molar-refractivity contribution in [1.29, 1.82) is 0 Å². The summed E-state index contributed by atoms with van der Waals surface area (Å²) in [6, 6.07) is 14.9. The molecular formula is C22H28N2O4S. The SMILES string of the molecule is CC(C)Oc1cccc(C(C)NC(=O)C2CCCN2S(=O)(=O)c2ccccc2)c1. The Hall–Kier alpha value is -2.38. The Bertz CT molecular complexity index is 944.